The molecule has 1 saturated heterocycles. The van der Waals surface area contributed by atoms with Crippen LogP contribution < -0.4 is 4.74 Å². The summed E-state index contributed by atoms with van der Waals surface area (Å²) >= 11 is 8.10. The van der Waals surface area contributed by atoms with Gasteiger partial charge in [-0.1, -0.05) is 49.6 Å². The summed E-state index contributed by atoms with van der Waals surface area (Å²) in [4.78, 5) is 32.1. The zero-order chi connectivity index (χ0) is 38.5. The molecule has 292 valence electrons. The van der Waals surface area contributed by atoms with Crippen LogP contribution in [0, 0.1) is 0 Å². The van der Waals surface area contributed by atoms with Crippen molar-refractivity contribution in [2.75, 3.05) is 18.8 Å². The molecule has 1 atom stereocenters. The van der Waals surface area contributed by atoms with Gasteiger partial charge in [-0.15, -0.1) is 11.8 Å². The molecule has 3 fully saturated rings. The number of carbonyl (C=O) groups is 2. The largest absolute Gasteiger partial charge is 0.490 e. The maximum atomic E-state index is 13.3. The van der Waals surface area contributed by atoms with E-state index in [2.05, 4.69) is 11.1 Å². The minimum Gasteiger partial charge on any atom is -0.490 e. The van der Waals surface area contributed by atoms with Crippen molar-refractivity contribution in [1.29, 1.82) is 0 Å². The Bertz CT molecular complexity index is 1780. The van der Waals surface area contributed by atoms with Gasteiger partial charge in [-0.3, -0.25) is 19.5 Å². The topological polar surface area (TPSA) is 173 Å². The van der Waals surface area contributed by atoms with Crippen LogP contribution in [-0.2, 0) is 26.5 Å². The van der Waals surface area contributed by atoms with Crippen LogP contribution in [0.4, 0.5) is 0 Å². The molecule has 2 saturated carbocycles. The summed E-state index contributed by atoms with van der Waals surface area (Å²) in [5.41, 5.74) is 3.33. The Morgan fingerprint density at radius 2 is 1.87 bits per heavy atom. The highest BCUT2D eigenvalue weighted by Gasteiger charge is 2.60. The molecule has 3 aliphatic rings. The number of aliphatic hydroxyl groups is 5. The summed E-state index contributed by atoms with van der Waals surface area (Å²) in [5, 5.41) is 55.1. The zero-order valence-electron chi connectivity index (χ0n) is 30.5. The summed E-state index contributed by atoms with van der Waals surface area (Å²) in [5.74, 6) is -7.25. The molecular formula is C40H50ClN3O9S. The van der Waals surface area contributed by atoms with E-state index in [1.54, 1.807) is 12.3 Å². The van der Waals surface area contributed by atoms with Crippen LogP contribution in [0.1, 0.15) is 88.7 Å². The Morgan fingerprint density at radius 1 is 1.09 bits per heavy atom. The van der Waals surface area contributed by atoms with Gasteiger partial charge in [0.05, 0.1) is 18.3 Å². The fourth-order valence-electron chi connectivity index (χ4n) is 6.77. The van der Waals surface area contributed by atoms with Crippen LogP contribution in [0.15, 0.2) is 65.8 Å². The molecular weight excluding hydrogens is 734 g/mol. The number of likely N-dealkylation sites (tertiary alicyclic amines) is 1. The minimum absolute atomic E-state index is 0.00391. The monoisotopic (exact) mass is 783 g/mol. The van der Waals surface area contributed by atoms with Gasteiger partial charge >= 0.3 is 5.91 Å². The molecule has 54 heavy (non-hydrogen) atoms. The van der Waals surface area contributed by atoms with E-state index >= 15 is 0 Å². The molecule has 2 amide bonds. The van der Waals surface area contributed by atoms with Gasteiger partial charge in [-0.05, 0) is 92.2 Å². The smallest absolute Gasteiger partial charge is 0.310 e. The highest BCUT2D eigenvalue weighted by molar-refractivity contribution is 7.99. The van der Waals surface area contributed by atoms with Gasteiger partial charge in [0.1, 0.15) is 5.75 Å². The van der Waals surface area contributed by atoms with Gasteiger partial charge in [0, 0.05) is 59.4 Å². The number of ether oxygens (including phenoxy) is 2. The highest BCUT2D eigenvalue weighted by atomic mass is 35.5. The molecule has 1 unspecified atom stereocenters. The van der Waals surface area contributed by atoms with Crippen molar-refractivity contribution in [3.63, 3.8) is 0 Å². The van der Waals surface area contributed by atoms with Crippen LogP contribution in [0.3, 0.4) is 0 Å². The summed E-state index contributed by atoms with van der Waals surface area (Å²) in [6.07, 6.45) is 7.94. The Morgan fingerprint density at radius 3 is 2.57 bits per heavy atom. The molecule has 2 heterocycles. The molecule has 14 heteroatoms. The zero-order valence-corrected chi connectivity index (χ0v) is 32.1. The lowest BCUT2D eigenvalue weighted by Crippen LogP contribution is -2.73. The number of halogens is 1. The Balaban J connectivity index is 1.10. The van der Waals surface area contributed by atoms with Gasteiger partial charge in [0.2, 0.25) is 11.8 Å². The number of para-hydroxylation sites is 1. The quantitative estimate of drug-likeness (QED) is 0.0572. The third-order valence-corrected chi connectivity index (χ3v) is 11.7. The van der Waals surface area contributed by atoms with Gasteiger partial charge in [0.15, 0.2) is 6.23 Å². The van der Waals surface area contributed by atoms with E-state index in [0.717, 1.165) is 69.9 Å². The van der Waals surface area contributed by atoms with Crippen LogP contribution >= 0.6 is 23.4 Å². The van der Waals surface area contributed by atoms with E-state index in [0.29, 0.717) is 34.9 Å². The number of aliphatic hydroxyl groups excluding tert-OH is 1. The standard InChI is InChI=1S/C40H50ClN3O9S/c1-2-3-4-11-36(46)44(40(50,51)39(48,49)37(47)43-21-7-12-35(43)45)22-8-23-54-29-15-16-33(41)27(24-29)26-52-38(18-19-38)32-25-42-20-17-30(32)31-9-5-6-10-34(31)53-28-13-14-28/h5-6,9-10,15-17,20,24-25,28,37,47-51H,2-4,7-8,11-14,18-19,21-23,26H2,1H3. The van der Waals surface area contributed by atoms with Crippen molar-refractivity contribution >= 4 is 35.2 Å². The molecule has 5 N–H and O–H groups in total. The number of hydrogen-bond donors (Lipinski definition) is 5. The predicted molar refractivity (Wildman–Crippen MR) is 203 cm³/mol. The molecule has 0 radical (unpaired) electrons. The van der Waals surface area contributed by atoms with Crippen LogP contribution in [-0.4, -0.2) is 95.0 Å². The second-order valence-corrected chi connectivity index (χ2v) is 16.0. The maximum absolute atomic E-state index is 13.3. The first kappa shape index (κ1) is 40.4. The molecule has 2 aromatic carbocycles. The summed E-state index contributed by atoms with van der Waals surface area (Å²) < 4.78 is 12.9. The van der Waals surface area contributed by atoms with Crippen molar-refractivity contribution in [3.8, 4) is 16.9 Å². The number of rotatable bonds is 20. The summed E-state index contributed by atoms with van der Waals surface area (Å²) in [7, 11) is 0. The van der Waals surface area contributed by atoms with Gasteiger partial charge in [-0.25, -0.2) is 0 Å². The lowest BCUT2D eigenvalue weighted by Gasteiger charge is -2.46. The van der Waals surface area contributed by atoms with Gasteiger partial charge < -0.3 is 39.9 Å². The number of unbranched alkanes of at least 4 members (excludes halogenated alkanes) is 2. The number of thioether (sulfide) groups is 1. The third-order valence-electron chi connectivity index (χ3n) is 10.3. The first-order valence-electron chi connectivity index (χ1n) is 18.8. The predicted octanol–water partition coefficient (Wildman–Crippen LogP) is 5.30. The molecule has 1 aliphatic heterocycles. The Labute approximate surface area is 325 Å². The third kappa shape index (κ3) is 9.05. The lowest BCUT2D eigenvalue weighted by molar-refractivity contribution is -0.436. The van der Waals surface area contributed by atoms with E-state index in [1.165, 1.54) is 11.8 Å². The molecule has 1 aromatic heterocycles. The number of benzene rings is 2. The molecule has 0 bridgehead atoms. The van der Waals surface area contributed by atoms with Crippen molar-refractivity contribution in [2.24, 2.45) is 0 Å². The fraction of sp³-hybridized carbons (Fsp3) is 0.525. The Kier molecular flexibility index (Phi) is 12.9. The minimum atomic E-state index is -3.64. The van der Waals surface area contributed by atoms with Gasteiger partial charge in [-0.2, -0.15) is 0 Å². The van der Waals surface area contributed by atoms with Crippen LogP contribution in [0.5, 0.6) is 5.75 Å². The first-order valence-corrected chi connectivity index (χ1v) is 20.2. The van der Waals surface area contributed by atoms with Gasteiger partial charge in [0.25, 0.3) is 5.79 Å². The number of pyridine rings is 1. The fourth-order valence-corrected chi connectivity index (χ4v) is 7.84. The van der Waals surface area contributed by atoms with E-state index in [4.69, 9.17) is 21.1 Å². The first-order chi connectivity index (χ1) is 25.9. The van der Waals surface area contributed by atoms with Crippen molar-refractivity contribution in [3.05, 3.63) is 77.1 Å². The number of hydrogen-bond acceptors (Lipinski definition) is 11. The maximum Gasteiger partial charge on any atom is 0.310 e. The van der Waals surface area contributed by atoms with Crippen molar-refractivity contribution < 1.29 is 44.6 Å². The summed E-state index contributed by atoms with van der Waals surface area (Å²) in [6, 6.07) is 15.7. The number of nitrogens with zero attached hydrogens (tertiary/aromatic N) is 3. The normalized spacial score (nSPS) is 17.5. The van der Waals surface area contributed by atoms with Crippen LogP contribution in [0.25, 0.3) is 11.1 Å². The highest BCUT2D eigenvalue weighted by Crippen LogP contribution is 2.53. The van der Waals surface area contributed by atoms with Crippen LogP contribution in [0.2, 0.25) is 5.02 Å². The van der Waals surface area contributed by atoms with E-state index in [-0.39, 0.29) is 45.1 Å². The Hall–Kier alpha value is -3.27. The van der Waals surface area contributed by atoms with E-state index < -0.39 is 35.3 Å². The SMILES string of the molecule is CCCCCC(=O)N(CCCSc1ccc(Cl)c(COC2(c3cnccc3-c3ccccc3OC3CC3)CC2)c1)C(O)(O)C(O)(O)C(O)N1CCCC1=O. The summed E-state index contributed by atoms with van der Waals surface area (Å²) in [6.45, 7) is 1.96. The second-order valence-electron chi connectivity index (χ2n) is 14.4. The lowest BCUT2D eigenvalue weighted by atomic mass is 9.96. The van der Waals surface area contributed by atoms with E-state index in [9.17, 15) is 35.1 Å². The molecule has 12 nitrogen and oxygen atoms in total. The average molecular weight is 784 g/mol. The average Bonchev–Trinajstić information content (AvgIpc) is 4.10. The molecule has 0 spiro atoms. The molecule has 6 rings (SSSR count). The van der Waals surface area contributed by atoms with Crippen molar-refractivity contribution in [1.82, 2.24) is 14.8 Å². The number of carbonyl (C=O) groups excluding carboxylic acids is 2. The van der Waals surface area contributed by atoms with E-state index in [1.807, 2.05) is 49.5 Å². The molecule has 2 aliphatic carbocycles. The number of amides is 2. The molecule has 3 aromatic rings. The second kappa shape index (κ2) is 17.3. The van der Waals surface area contributed by atoms with Crippen molar-refractivity contribution in [2.45, 2.75) is 119 Å². The number of aromatic nitrogens is 1.